The van der Waals surface area contributed by atoms with Crippen LogP contribution in [0.1, 0.15) is 23.2 Å². The first-order valence-electron chi connectivity index (χ1n) is 6.07. The standard InChI is InChI=1S/C13H16BrFN2O/c14-12-10(4-1-5-11(12)15)13(18)17-6-2-3-9(7-16)8-17/h1,4-5,9H,2-3,6-8,16H2. The molecule has 1 heterocycles. The summed E-state index contributed by atoms with van der Waals surface area (Å²) in [6.45, 7) is 1.98. The number of nitrogens with zero attached hydrogens (tertiary/aromatic N) is 1. The second-order valence-corrected chi connectivity index (χ2v) is 5.39. The van der Waals surface area contributed by atoms with E-state index in [1.54, 1.807) is 17.0 Å². The van der Waals surface area contributed by atoms with Crippen LogP contribution in [0.2, 0.25) is 0 Å². The maximum atomic E-state index is 13.4. The van der Waals surface area contributed by atoms with E-state index in [4.69, 9.17) is 5.73 Å². The molecule has 0 radical (unpaired) electrons. The highest BCUT2D eigenvalue weighted by Crippen LogP contribution is 2.24. The lowest BCUT2D eigenvalue weighted by molar-refractivity contribution is 0.0676. The Labute approximate surface area is 114 Å². The van der Waals surface area contributed by atoms with Crippen molar-refractivity contribution < 1.29 is 9.18 Å². The number of amides is 1. The molecule has 1 unspecified atom stereocenters. The molecule has 2 rings (SSSR count). The number of likely N-dealkylation sites (tertiary alicyclic amines) is 1. The van der Waals surface area contributed by atoms with Gasteiger partial charge in [0.05, 0.1) is 10.0 Å². The molecule has 1 fully saturated rings. The van der Waals surface area contributed by atoms with Crippen molar-refractivity contribution >= 4 is 21.8 Å². The van der Waals surface area contributed by atoms with Crippen molar-refractivity contribution in [2.24, 2.45) is 11.7 Å². The Kier molecular flexibility index (Phi) is 4.35. The molecule has 1 aromatic rings. The van der Waals surface area contributed by atoms with Crippen LogP contribution in [0.5, 0.6) is 0 Å². The number of hydrogen-bond donors (Lipinski definition) is 1. The van der Waals surface area contributed by atoms with E-state index in [0.717, 1.165) is 19.4 Å². The molecule has 1 aliphatic heterocycles. The third-order valence-electron chi connectivity index (χ3n) is 3.32. The molecule has 2 N–H and O–H groups in total. The van der Waals surface area contributed by atoms with Crippen molar-refractivity contribution in [1.29, 1.82) is 0 Å². The minimum atomic E-state index is -0.409. The molecule has 1 amide bonds. The van der Waals surface area contributed by atoms with Gasteiger partial charge in [-0.2, -0.15) is 0 Å². The van der Waals surface area contributed by atoms with Gasteiger partial charge in [0.2, 0.25) is 0 Å². The number of hydrogen-bond acceptors (Lipinski definition) is 2. The van der Waals surface area contributed by atoms with Crippen molar-refractivity contribution in [2.45, 2.75) is 12.8 Å². The highest BCUT2D eigenvalue weighted by Gasteiger charge is 2.25. The van der Waals surface area contributed by atoms with Crippen LogP contribution in [0.4, 0.5) is 4.39 Å². The van der Waals surface area contributed by atoms with Crippen LogP contribution in [0, 0.1) is 11.7 Å². The van der Waals surface area contributed by atoms with Crippen LogP contribution in [0.25, 0.3) is 0 Å². The Balaban J connectivity index is 2.18. The maximum absolute atomic E-state index is 13.4. The fourth-order valence-electron chi connectivity index (χ4n) is 2.28. The lowest BCUT2D eigenvalue weighted by Gasteiger charge is -2.32. The van der Waals surface area contributed by atoms with E-state index >= 15 is 0 Å². The first-order chi connectivity index (χ1) is 8.63. The number of nitrogens with two attached hydrogens (primary N) is 1. The quantitative estimate of drug-likeness (QED) is 0.911. The summed E-state index contributed by atoms with van der Waals surface area (Å²) in [5.74, 6) is -0.178. The second-order valence-electron chi connectivity index (χ2n) is 4.60. The summed E-state index contributed by atoms with van der Waals surface area (Å²) in [7, 11) is 0. The molecule has 1 aliphatic rings. The van der Waals surface area contributed by atoms with Crippen molar-refractivity contribution in [3.05, 3.63) is 34.1 Å². The van der Waals surface area contributed by atoms with Crippen molar-refractivity contribution in [1.82, 2.24) is 4.90 Å². The van der Waals surface area contributed by atoms with E-state index in [1.165, 1.54) is 6.07 Å². The smallest absolute Gasteiger partial charge is 0.255 e. The van der Waals surface area contributed by atoms with E-state index in [1.807, 2.05) is 0 Å². The van der Waals surface area contributed by atoms with Gasteiger partial charge in [-0.1, -0.05) is 6.07 Å². The average Bonchev–Trinajstić information content (AvgIpc) is 2.41. The van der Waals surface area contributed by atoms with Crippen LogP contribution >= 0.6 is 15.9 Å². The maximum Gasteiger partial charge on any atom is 0.255 e. The topological polar surface area (TPSA) is 46.3 Å². The Morgan fingerprint density at radius 1 is 1.56 bits per heavy atom. The molecule has 0 aromatic heterocycles. The van der Waals surface area contributed by atoms with E-state index in [9.17, 15) is 9.18 Å². The Hall–Kier alpha value is -0.940. The molecule has 18 heavy (non-hydrogen) atoms. The molecule has 5 heteroatoms. The predicted molar refractivity (Wildman–Crippen MR) is 71.8 cm³/mol. The molecule has 1 aromatic carbocycles. The largest absolute Gasteiger partial charge is 0.338 e. The van der Waals surface area contributed by atoms with E-state index < -0.39 is 5.82 Å². The third kappa shape index (κ3) is 2.72. The third-order valence-corrected chi connectivity index (χ3v) is 4.13. The van der Waals surface area contributed by atoms with Gasteiger partial charge < -0.3 is 10.6 Å². The predicted octanol–water partition coefficient (Wildman–Crippen LogP) is 2.40. The van der Waals surface area contributed by atoms with Gasteiger partial charge in [0, 0.05) is 13.1 Å². The molecule has 0 bridgehead atoms. The van der Waals surface area contributed by atoms with Gasteiger partial charge in [0.1, 0.15) is 5.82 Å². The van der Waals surface area contributed by atoms with Crippen LogP contribution in [-0.4, -0.2) is 30.4 Å². The summed E-state index contributed by atoms with van der Waals surface area (Å²) in [6, 6.07) is 4.53. The summed E-state index contributed by atoms with van der Waals surface area (Å²) in [5, 5.41) is 0. The molecule has 0 saturated carbocycles. The van der Waals surface area contributed by atoms with Crippen molar-refractivity contribution in [2.75, 3.05) is 19.6 Å². The summed E-state index contributed by atoms with van der Waals surface area (Å²) >= 11 is 3.13. The van der Waals surface area contributed by atoms with Crippen LogP contribution in [0.3, 0.4) is 0 Å². The first kappa shape index (κ1) is 13.5. The first-order valence-corrected chi connectivity index (χ1v) is 6.86. The summed E-state index contributed by atoms with van der Waals surface area (Å²) in [6.07, 6.45) is 2.02. The number of benzene rings is 1. The van der Waals surface area contributed by atoms with Crippen molar-refractivity contribution in [3.63, 3.8) is 0 Å². The highest BCUT2D eigenvalue weighted by atomic mass is 79.9. The number of halogens is 2. The van der Waals surface area contributed by atoms with Gasteiger partial charge in [-0.25, -0.2) is 4.39 Å². The summed E-state index contributed by atoms with van der Waals surface area (Å²) in [5.41, 5.74) is 6.03. The summed E-state index contributed by atoms with van der Waals surface area (Å²) < 4.78 is 13.7. The van der Waals surface area contributed by atoms with Crippen LogP contribution in [-0.2, 0) is 0 Å². The summed E-state index contributed by atoms with van der Waals surface area (Å²) in [4.78, 5) is 14.1. The van der Waals surface area contributed by atoms with Gasteiger partial charge in [0.25, 0.3) is 5.91 Å². The Morgan fingerprint density at radius 2 is 2.33 bits per heavy atom. The molecule has 98 valence electrons. The molecular formula is C13H16BrFN2O. The van der Waals surface area contributed by atoms with Gasteiger partial charge in [-0.3, -0.25) is 4.79 Å². The monoisotopic (exact) mass is 314 g/mol. The van der Waals surface area contributed by atoms with E-state index in [-0.39, 0.29) is 10.4 Å². The Morgan fingerprint density at radius 3 is 3.06 bits per heavy atom. The lowest BCUT2D eigenvalue weighted by Crippen LogP contribution is -2.42. The number of carbonyl (C=O) groups excluding carboxylic acids is 1. The van der Waals surface area contributed by atoms with E-state index in [0.29, 0.717) is 24.6 Å². The van der Waals surface area contributed by atoms with Crippen LogP contribution in [0.15, 0.2) is 22.7 Å². The SMILES string of the molecule is NCC1CCCN(C(=O)c2cccc(F)c2Br)C1. The molecule has 3 nitrogen and oxygen atoms in total. The van der Waals surface area contributed by atoms with Gasteiger partial charge in [-0.15, -0.1) is 0 Å². The van der Waals surface area contributed by atoms with Crippen LogP contribution < -0.4 is 5.73 Å². The number of carbonyl (C=O) groups is 1. The molecule has 0 spiro atoms. The zero-order chi connectivity index (χ0) is 13.1. The fraction of sp³-hybridized carbons (Fsp3) is 0.462. The van der Waals surface area contributed by atoms with Gasteiger partial charge in [-0.05, 0) is 53.4 Å². The zero-order valence-electron chi connectivity index (χ0n) is 10.0. The van der Waals surface area contributed by atoms with Gasteiger partial charge in [0.15, 0.2) is 0 Å². The Bertz CT molecular complexity index is 453. The second kappa shape index (κ2) is 5.80. The highest BCUT2D eigenvalue weighted by molar-refractivity contribution is 9.10. The normalized spacial score (nSPS) is 19.9. The minimum Gasteiger partial charge on any atom is -0.338 e. The molecule has 0 aliphatic carbocycles. The van der Waals surface area contributed by atoms with Gasteiger partial charge >= 0.3 is 0 Å². The average molecular weight is 315 g/mol. The number of piperidine rings is 1. The van der Waals surface area contributed by atoms with Crippen molar-refractivity contribution in [3.8, 4) is 0 Å². The minimum absolute atomic E-state index is 0.125. The molecular weight excluding hydrogens is 299 g/mol. The fourth-order valence-corrected chi connectivity index (χ4v) is 2.72. The zero-order valence-corrected chi connectivity index (χ0v) is 11.6. The number of rotatable bonds is 2. The molecule has 1 saturated heterocycles. The van der Waals surface area contributed by atoms with E-state index in [2.05, 4.69) is 15.9 Å². The lowest BCUT2D eigenvalue weighted by atomic mass is 9.97. The molecule has 1 atom stereocenters.